The molecule has 1 amide bonds. The average molecular weight is 339 g/mol. The van der Waals surface area contributed by atoms with Crippen molar-refractivity contribution in [3.05, 3.63) is 17.7 Å². The summed E-state index contributed by atoms with van der Waals surface area (Å²) in [6.07, 6.45) is 0.838. The van der Waals surface area contributed by atoms with E-state index in [0.29, 0.717) is 30.1 Å². The predicted molar refractivity (Wildman–Crippen MR) is 89.1 cm³/mol. The highest BCUT2D eigenvalue weighted by Gasteiger charge is 2.35. The molecule has 0 aromatic heterocycles. The van der Waals surface area contributed by atoms with Crippen molar-refractivity contribution in [1.82, 2.24) is 5.32 Å². The number of carbonyl (C=O) groups excluding carboxylic acids is 1. The lowest BCUT2D eigenvalue weighted by molar-refractivity contribution is -0.149. The van der Waals surface area contributed by atoms with Gasteiger partial charge in [-0.2, -0.15) is 0 Å². The van der Waals surface area contributed by atoms with Gasteiger partial charge in [0.1, 0.15) is 5.75 Å². The summed E-state index contributed by atoms with van der Waals surface area (Å²) in [7, 11) is 4.40. The normalized spacial score (nSPS) is 10.9. The molecule has 0 aliphatic heterocycles. The van der Waals surface area contributed by atoms with Gasteiger partial charge < -0.3 is 24.6 Å². The molecule has 7 heteroatoms. The zero-order chi connectivity index (χ0) is 18.3. The van der Waals surface area contributed by atoms with Crippen molar-refractivity contribution in [1.29, 1.82) is 0 Å². The van der Waals surface area contributed by atoms with Gasteiger partial charge in [0.15, 0.2) is 11.5 Å². The van der Waals surface area contributed by atoms with Crippen molar-refractivity contribution in [3.8, 4) is 17.2 Å². The summed E-state index contributed by atoms with van der Waals surface area (Å²) in [6.45, 7) is 3.62. The summed E-state index contributed by atoms with van der Waals surface area (Å²) in [5.41, 5.74) is -0.735. The fourth-order valence-electron chi connectivity index (χ4n) is 2.43. The molecule has 0 saturated carbocycles. The lowest BCUT2D eigenvalue weighted by atomic mass is 9.82. The number of carbonyl (C=O) groups is 2. The molecule has 1 aromatic carbocycles. The van der Waals surface area contributed by atoms with Crippen LogP contribution in [-0.4, -0.2) is 44.9 Å². The van der Waals surface area contributed by atoms with Crippen molar-refractivity contribution >= 4 is 11.9 Å². The molecular weight excluding hydrogens is 314 g/mol. The highest BCUT2D eigenvalue weighted by atomic mass is 16.5. The number of carboxylic acid groups (broad SMARTS) is 1. The summed E-state index contributed by atoms with van der Waals surface area (Å²) >= 11 is 0. The van der Waals surface area contributed by atoms with Crippen molar-refractivity contribution in [3.63, 3.8) is 0 Å². The summed E-state index contributed by atoms with van der Waals surface area (Å²) in [4.78, 5) is 24.0. The van der Waals surface area contributed by atoms with E-state index in [4.69, 9.17) is 14.2 Å². The monoisotopic (exact) mass is 339 g/mol. The lowest BCUT2D eigenvalue weighted by Gasteiger charge is -2.27. The van der Waals surface area contributed by atoms with Gasteiger partial charge in [0.05, 0.1) is 32.3 Å². The molecule has 0 aliphatic carbocycles. The number of benzene rings is 1. The van der Waals surface area contributed by atoms with Crippen LogP contribution < -0.4 is 19.5 Å². The Morgan fingerprint density at radius 3 is 1.92 bits per heavy atom. The van der Waals surface area contributed by atoms with Crippen LogP contribution in [0.25, 0.3) is 0 Å². The quantitative estimate of drug-likeness (QED) is 0.717. The van der Waals surface area contributed by atoms with Crippen LogP contribution >= 0.6 is 0 Å². The highest BCUT2D eigenvalue weighted by molar-refractivity contribution is 5.98. The van der Waals surface area contributed by atoms with Gasteiger partial charge >= 0.3 is 5.97 Å². The number of carboxylic acids is 1. The molecule has 1 rings (SSSR count). The second kappa shape index (κ2) is 8.42. The molecule has 0 heterocycles. The number of hydrogen-bond acceptors (Lipinski definition) is 5. The Hall–Kier alpha value is -2.44. The maximum atomic E-state index is 12.5. The van der Waals surface area contributed by atoms with E-state index < -0.39 is 17.3 Å². The second-order valence-corrected chi connectivity index (χ2v) is 5.38. The molecule has 0 unspecified atom stereocenters. The van der Waals surface area contributed by atoms with Crippen LogP contribution in [0.4, 0.5) is 0 Å². The Morgan fingerprint density at radius 1 is 1.00 bits per heavy atom. The van der Waals surface area contributed by atoms with Gasteiger partial charge in [-0.1, -0.05) is 13.8 Å². The van der Waals surface area contributed by atoms with Crippen molar-refractivity contribution in [2.45, 2.75) is 26.7 Å². The molecule has 2 N–H and O–H groups in total. The van der Waals surface area contributed by atoms with E-state index in [1.54, 1.807) is 19.9 Å². The number of aliphatic carboxylic acids is 1. The maximum absolute atomic E-state index is 12.5. The first-order valence-electron chi connectivity index (χ1n) is 7.70. The maximum Gasteiger partial charge on any atom is 0.311 e. The Morgan fingerprint density at radius 2 is 1.50 bits per heavy atom. The minimum atomic E-state index is -0.987. The molecule has 0 bridgehead atoms. The number of hydrogen-bond donors (Lipinski definition) is 2. The van der Waals surface area contributed by atoms with Crippen LogP contribution in [0.2, 0.25) is 0 Å². The largest absolute Gasteiger partial charge is 0.496 e. The molecule has 0 spiro atoms. The van der Waals surface area contributed by atoms with E-state index in [0.717, 1.165) is 0 Å². The summed E-state index contributed by atoms with van der Waals surface area (Å²) in [5, 5.41) is 12.1. The van der Waals surface area contributed by atoms with Crippen molar-refractivity contribution < 1.29 is 28.9 Å². The van der Waals surface area contributed by atoms with Gasteiger partial charge in [0.25, 0.3) is 5.91 Å². The van der Waals surface area contributed by atoms with E-state index in [-0.39, 0.29) is 12.1 Å². The smallest absolute Gasteiger partial charge is 0.311 e. The van der Waals surface area contributed by atoms with Crippen molar-refractivity contribution in [2.75, 3.05) is 27.9 Å². The third-order valence-electron chi connectivity index (χ3n) is 4.34. The van der Waals surface area contributed by atoms with Gasteiger partial charge in [-0.3, -0.25) is 9.59 Å². The predicted octanol–water partition coefficient (Wildman–Crippen LogP) is 2.33. The van der Waals surface area contributed by atoms with Crippen molar-refractivity contribution in [2.24, 2.45) is 5.41 Å². The molecular formula is C17H25NO6. The van der Waals surface area contributed by atoms with Crippen LogP contribution in [0.1, 0.15) is 37.0 Å². The minimum Gasteiger partial charge on any atom is -0.496 e. The molecule has 24 heavy (non-hydrogen) atoms. The highest BCUT2D eigenvalue weighted by Crippen LogP contribution is 2.34. The van der Waals surface area contributed by atoms with Crippen LogP contribution in [0.5, 0.6) is 17.2 Å². The molecule has 0 aliphatic rings. The Labute approximate surface area is 141 Å². The second-order valence-electron chi connectivity index (χ2n) is 5.38. The molecule has 0 saturated heterocycles. The number of ether oxygens (including phenoxy) is 3. The standard InChI is InChI=1S/C17H25NO6/c1-6-17(7-2,16(20)21)10-18-15(19)11-8-13(23-4)14(24-5)9-12(11)22-3/h8-9H,6-7,10H2,1-5H3,(H,18,19)(H,20,21). The third kappa shape index (κ3) is 3.90. The SMILES string of the molecule is CCC(CC)(CNC(=O)c1cc(OC)c(OC)cc1OC)C(=O)O. The van der Waals surface area contributed by atoms with Crippen LogP contribution in [0.15, 0.2) is 12.1 Å². The summed E-state index contributed by atoms with van der Waals surface area (Å²) < 4.78 is 15.6. The van der Waals surface area contributed by atoms with Gasteiger partial charge in [-0.15, -0.1) is 0 Å². The zero-order valence-electron chi connectivity index (χ0n) is 14.8. The zero-order valence-corrected chi connectivity index (χ0v) is 14.8. The first-order chi connectivity index (χ1) is 11.4. The van der Waals surface area contributed by atoms with Gasteiger partial charge in [0.2, 0.25) is 0 Å². The minimum absolute atomic E-state index is 0.0334. The Kier molecular flexibility index (Phi) is 6.88. The number of amides is 1. The Bertz CT molecular complexity index is 595. The van der Waals surface area contributed by atoms with E-state index in [9.17, 15) is 14.7 Å². The fraction of sp³-hybridized carbons (Fsp3) is 0.529. The summed E-state index contributed by atoms with van der Waals surface area (Å²) in [5.74, 6) is -0.210. The number of methoxy groups -OCH3 is 3. The van der Waals surface area contributed by atoms with Gasteiger partial charge in [-0.25, -0.2) is 0 Å². The molecule has 0 radical (unpaired) electrons. The van der Waals surface area contributed by atoms with E-state index in [1.807, 2.05) is 0 Å². The summed E-state index contributed by atoms with van der Waals surface area (Å²) in [6, 6.07) is 3.06. The number of nitrogens with one attached hydrogen (secondary N) is 1. The lowest BCUT2D eigenvalue weighted by Crippen LogP contribution is -2.42. The van der Waals surface area contributed by atoms with E-state index in [2.05, 4.69) is 5.32 Å². The Balaban J connectivity index is 3.09. The fourth-order valence-corrected chi connectivity index (χ4v) is 2.43. The first-order valence-corrected chi connectivity index (χ1v) is 7.70. The van der Waals surface area contributed by atoms with Gasteiger partial charge in [0, 0.05) is 18.7 Å². The molecule has 134 valence electrons. The van der Waals surface area contributed by atoms with E-state index in [1.165, 1.54) is 27.4 Å². The first kappa shape index (κ1) is 19.6. The number of rotatable bonds is 9. The molecule has 1 aromatic rings. The third-order valence-corrected chi connectivity index (χ3v) is 4.34. The van der Waals surface area contributed by atoms with Gasteiger partial charge in [-0.05, 0) is 12.8 Å². The molecule has 0 fully saturated rings. The van der Waals surface area contributed by atoms with Crippen LogP contribution in [-0.2, 0) is 4.79 Å². The van der Waals surface area contributed by atoms with E-state index >= 15 is 0 Å². The topological polar surface area (TPSA) is 94.1 Å². The van der Waals surface area contributed by atoms with Crippen LogP contribution in [0, 0.1) is 5.41 Å². The molecule has 0 atom stereocenters. The average Bonchev–Trinajstić information content (AvgIpc) is 2.61. The van der Waals surface area contributed by atoms with Crippen LogP contribution in [0.3, 0.4) is 0 Å². The molecule has 7 nitrogen and oxygen atoms in total.